The van der Waals surface area contributed by atoms with Crippen molar-refractivity contribution < 1.29 is 4.79 Å². The van der Waals surface area contributed by atoms with Crippen LogP contribution >= 0.6 is 0 Å². The molecule has 0 heterocycles. The van der Waals surface area contributed by atoms with Crippen LogP contribution in [0.25, 0.3) is 0 Å². The molecule has 16 heavy (non-hydrogen) atoms. The highest BCUT2D eigenvalue weighted by Gasteiger charge is 2.12. The van der Waals surface area contributed by atoms with Crippen LogP contribution in [0.15, 0.2) is 12.1 Å². The third-order valence-electron chi connectivity index (χ3n) is 2.77. The van der Waals surface area contributed by atoms with E-state index in [9.17, 15) is 4.79 Å². The van der Waals surface area contributed by atoms with Crippen molar-refractivity contribution in [3.8, 4) is 0 Å². The lowest BCUT2D eigenvalue weighted by Gasteiger charge is -2.12. The van der Waals surface area contributed by atoms with Gasteiger partial charge < -0.3 is 0 Å². The van der Waals surface area contributed by atoms with E-state index in [0.717, 1.165) is 30.4 Å². The number of hydrogen-bond donors (Lipinski definition) is 2. The van der Waals surface area contributed by atoms with Gasteiger partial charge in [0.05, 0.1) is 0 Å². The van der Waals surface area contributed by atoms with Crippen LogP contribution < -0.4 is 11.3 Å². The zero-order valence-corrected chi connectivity index (χ0v) is 10.3. The third kappa shape index (κ3) is 2.83. The molecule has 0 saturated heterocycles. The minimum atomic E-state index is -0.196. The Labute approximate surface area is 97.0 Å². The molecule has 0 aliphatic heterocycles. The fourth-order valence-corrected chi connectivity index (χ4v) is 1.96. The number of hydrogen-bond acceptors (Lipinski definition) is 2. The number of rotatable bonds is 4. The average molecular weight is 220 g/mol. The first-order chi connectivity index (χ1) is 7.60. The number of carbonyl (C=O) groups is 1. The number of unbranched alkanes of at least 4 members (excludes halogenated alkanes) is 1. The number of benzene rings is 1. The molecule has 0 aromatic heterocycles. The van der Waals surface area contributed by atoms with E-state index in [-0.39, 0.29) is 5.91 Å². The van der Waals surface area contributed by atoms with Crippen molar-refractivity contribution in [2.45, 2.75) is 40.0 Å². The summed E-state index contributed by atoms with van der Waals surface area (Å²) in [5.74, 6) is 5.01. The van der Waals surface area contributed by atoms with Crippen molar-refractivity contribution in [2.75, 3.05) is 0 Å². The van der Waals surface area contributed by atoms with E-state index < -0.39 is 0 Å². The number of nitrogens with one attached hydrogen (secondary N) is 1. The summed E-state index contributed by atoms with van der Waals surface area (Å²) in [5, 5.41) is 0. The molecule has 3 nitrogen and oxygen atoms in total. The summed E-state index contributed by atoms with van der Waals surface area (Å²) < 4.78 is 0. The van der Waals surface area contributed by atoms with Gasteiger partial charge in [-0.15, -0.1) is 0 Å². The van der Waals surface area contributed by atoms with Crippen LogP contribution in [0.2, 0.25) is 0 Å². The highest BCUT2D eigenvalue weighted by Crippen LogP contribution is 2.19. The highest BCUT2D eigenvalue weighted by molar-refractivity contribution is 5.95. The summed E-state index contributed by atoms with van der Waals surface area (Å²) >= 11 is 0. The number of amides is 1. The minimum absolute atomic E-state index is 0.196. The summed E-state index contributed by atoms with van der Waals surface area (Å²) in [6, 6.07) is 4.01. The van der Waals surface area contributed by atoms with E-state index in [0.29, 0.717) is 5.56 Å². The zero-order valence-electron chi connectivity index (χ0n) is 10.3. The van der Waals surface area contributed by atoms with Gasteiger partial charge in [-0.25, -0.2) is 5.84 Å². The second-order valence-electron chi connectivity index (χ2n) is 4.18. The van der Waals surface area contributed by atoms with Gasteiger partial charge in [-0.05, 0) is 43.9 Å². The molecular weight excluding hydrogens is 200 g/mol. The van der Waals surface area contributed by atoms with E-state index >= 15 is 0 Å². The molecule has 0 bridgehead atoms. The molecule has 1 aromatic rings. The average Bonchev–Trinajstić information content (AvgIpc) is 2.26. The lowest BCUT2D eigenvalue weighted by atomic mass is 9.94. The van der Waals surface area contributed by atoms with E-state index in [4.69, 9.17) is 5.84 Å². The first-order valence-corrected chi connectivity index (χ1v) is 5.71. The maximum absolute atomic E-state index is 11.7. The van der Waals surface area contributed by atoms with Gasteiger partial charge in [0.15, 0.2) is 0 Å². The topological polar surface area (TPSA) is 55.1 Å². The van der Waals surface area contributed by atoms with Crippen molar-refractivity contribution in [2.24, 2.45) is 5.84 Å². The van der Waals surface area contributed by atoms with Crippen LogP contribution in [-0.4, -0.2) is 5.91 Å². The summed E-state index contributed by atoms with van der Waals surface area (Å²) in [5.41, 5.74) is 6.32. The summed E-state index contributed by atoms with van der Waals surface area (Å²) in [4.78, 5) is 11.7. The lowest BCUT2D eigenvalue weighted by Crippen LogP contribution is -2.31. The van der Waals surface area contributed by atoms with Crippen LogP contribution in [0.5, 0.6) is 0 Å². The molecule has 1 amide bonds. The Morgan fingerprint density at radius 3 is 2.62 bits per heavy atom. The van der Waals surface area contributed by atoms with Crippen LogP contribution in [0.4, 0.5) is 0 Å². The second-order valence-corrected chi connectivity index (χ2v) is 4.18. The molecule has 1 aromatic carbocycles. The molecule has 0 spiro atoms. The standard InChI is InChI=1S/C13H20N2O/c1-4-5-6-11-10(3)7-9(2)8-12(11)13(16)15-14/h7-8H,4-6,14H2,1-3H3,(H,15,16). The van der Waals surface area contributed by atoms with Crippen LogP contribution in [0.3, 0.4) is 0 Å². The Balaban J connectivity index is 3.15. The van der Waals surface area contributed by atoms with Crippen molar-refractivity contribution >= 4 is 5.91 Å². The van der Waals surface area contributed by atoms with Gasteiger partial charge in [0, 0.05) is 5.56 Å². The molecule has 1 rings (SSSR count). The van der Waals surface area contributed by atoms with Gasteiger partial charge in [-0.3, -0.25) is 10.2 Å². The summed E-state index contributed by atoms with van der Waals surface area (Å²) in [6.45, 7) is 6.18. The second kappa shape index (κ2) is 5.66. The largest absolute Gasteiger partial charge is 0.290 e. The Bertz CT molecular complexity index is 386. The number of hydrazine groups is 1. The van der Waals surface area contributed by atoms with Crippen LogP contribution in [-0.2, 0) is 6.42 Å². The Morgan fingerprint density at radius 2 is 2.06 bits per heavy atom. The smallest absolute Gasteiger partial charge is 0.265 e. The predicted molar refractivity (Wildman–Crippen MR) is 66.2 cm³/mol. The van der Waals surface area contributed by atoms with E-state index in [1.165, 1.54) is 5.56 Å². The maximum Gasteiger partial charge on any atom is 0.265 e. The van der Waals surface area contributed by atoms with Crippen LogP contribution in [0, 0.1) is 13.8 Å². The molecule has 3 N–H and O–H groups in total. The van der Waals surface area contributed by atoms with Crippen molar-refractivity contribution in [3.05, 3.63) is 34.4 Å². The molecular formula is C13H20N2O. The quantitative estimate of drug-likeness (QED) is 0.464. The Hall–Kier alpha value is -1.35. The molecule has 88 valence electrons. The van der Waals surface area contributed by atoms with Crippen molar-refractivity contribution in [3.63, 3.8) is 0 Å². The van der Waals surface area contributed by atoms with E-state index in [1.807, 2.05) is 19.9 Å². The lowest BCUT2D eigenvalue weighted by molar-refractivity contribution is 0.0952. The molecule has 0 radical (unpaired) electrons. The van der Waals surface area contributed by atoms with Gasteiger partial charge in [-0.2, -0.15) is 0 Å². The number of carbonyl (C=O) groups excluding carboxylic acids is 1. The fourth-order valence-electron chi connectivity index (χ4n) is 1.96. The Kier molecular flexibility index (Phi) is 4.50. The van der Waals surface area contributed by atoms with Gasteiger partial charge in [0.25, 0.3) is 5.91 Å². The zero-order chi connectivity index (χ0) is 12.1. The molecule has 0 unspecified atom stereocenters. The van der Waals surface area contributed by atoms with Crippen molar-refractivity contribution in [1.82, 2.24) is 5.43 Å². The third-order valence-corrected chi connectivity index (χ3v) is 2.77. The molecule has 0 saturated carbocycles. The molecule has 0 aliphatic carbocycles. The maximum atomic E-state index is 11.7. The van der Waals surface area contributed by atoms with Gasteiger partial charge in [-0.1, -0.05) is 25.0 Å². The Morgan fingerprint density at radius 1 is 1.38 bits per heavy atom. The minimum Gasteiger partial charge on any atom is -0.290 e. The number of aryl methyl sites for hydroxylation is 2. The normalized spacial score (nSPS) is 10.2. The molecule has 3 heteroatoms. The predicted octanol–water partition coefficient (Wildman–Crippen LogP) is 2.25. The summed E-state index contributed by atoms with van der Waals surface area (Å²) in [7, 11) is 0. The number of nitrogen functional groups attached to an aromatic ring is 1. The van der Waals surface area contributed by atoms with Crippen molar-refractivity contribution in [1.29, 1.82) is 0 Å². The summed E-state index contributed by atoms with van der Waals surface area (Å²) in [6.07, 6.45) is 3.15. The molecule has 0 aliphatic rings. The van der Waals surface area contributed by atoms with Gasteiger partial charge in [0.1, 0.15) is 0 Å². The van der Waals surface area contributed by atoms with Crippen LogP contribution in [0.1, 0.15) is 46.8 Å². The van der Waals surface area contributed by atoms with Gasteiger partial charge >= 0.3 is 0 Å². The monoisotopic (exact) mass is 220 g/mol. The van der Waals surface area contributed by atoms with E-state index in [1.54, 1.807) is 0 Å². The molecule has 0 atom stereocenters. The van der Waals surface area contributed by atoms with E-state index in [2.05, 4.69) is 18.4 Å². The first-order valence-electron chi connectivity index (χ1n) is 5.71. The SMILES string of the molecule is CCCCc1c(C)cc(C)cc1C(=O)NN. The highest BCUT2D eigenvalue weighted by atomic mass is 16.2. The fraction of sp³-hybridized carbons (Fsp3) is 0.462. The van der Waals surface area contributed by atoms with Gasteiger partial charge in [0.2, 0.25) is 0 Å². The molecule has 0 fully saturated rings. The first kappa shape index (κ1) is 12.7. The number of nitrogens with two attached hydrogens (primary N) is 1.